The number of aromatic nitrogens is 1. The van der Waals surface area contributed by atoms with E-state index in [1.165, 1.54) is 6.20 Å². The lowest BCUT2D eigenvalue weighted by Crippen LogP contribution is -2.46. The summed E-state index contributed by atoms with van der Waals surface area (Å²) in [6.45, 7) is 1.08. The molecule has 2 heterocycles. The number of hydrogen-bond acceptors (Lipinski definition) is 7. The fraction of sp³-hybridized carbons (Fsp3) is 0.211. The number of furan rings is 1. The Hall–Kier alpha value is -3.59. The SMILES string of the molecule is Cc1oc2ccc(OCc3cccnc3O)cc2c1C(=O)N[C@@H](CO)C(N)=O. The number of rotatable bonds is 7. The van der Waals surface area contributed by atoms with Gasteiger partial charge in [0.15, 0.2) is 0 Å². The molecule has 0 bridgehead atoms. The number of nitrogens with zero attached hydrogens (tertiary/aromatic N) is 1. The van der Waals surface area contributed by atoms with E-state index >= 15 is 0 Å². The van der Waals surface area contributed by atoms with Gasteiger partial charge in [-0.1, -0.05) is 0 Å². The number of carbonyl (C=O) groups excluding carboxylic acids is 2. The monoisotopic (exact) mass is 385 g/mol. The first-order valence-corrected chi connectivity index (χ1v) is 8.40. The number of nitrogens with one attached hydrogen (secondary N) is 1. The molecule has 3 aromatic rings. The quantitative estimate of drug-likeness (QED) is 0.474. The van der Waals surface area contributed by atoms with Crippen LogP contribution in [-0.4, -0.2) is 39.7 Å². The Morgan fingerprint density at radius 1 is 1.36 bits per heavy atom. The van der Waals surface area contributed by atoms with Gasteiger partial charge in [0.25, 0.3) is 5.91 Å². The predicted molar refractivity (Wildman–Crippen MR) is 98.7 cm³/mol. The summed E-state index contributed by atoms with van der Waals surface area (Å²) in [5.74, 6) is -0.781. The molecule has 1 atom stereocenters. The van der Waals surface area contributed by atoms with Crippen molar-refractivity contribution in [1.82, 2.24) is 10.3 Å². The van der Waals surface area contributed by atoms with E-state index in [2.05, 4.69) is 10.3 Å². The summed E-state index contributed by atoms with van der Waals surface area (Å²) in [5, 5.41) is 21.8. The third-order valence-electron chi connectivity index (χ3n) is 4.16. The number of aryl methyl sites for hydroxylation is 1. The van der Waals surface area contributed by atoms with Crippen molar-refractivity contribution in [3.05, 3.63) is 53.4 Å². The lowest BCUT2D eigenvalue weighted by atomic mass is 10.1. The molecular weight excluding hydrogens is 366 g/mol. The number of carbonyl (C=O) groups is 2. The van der Waals surface area contributed by atoms with Crippen LogP contribution in [0, 0.1) is 6.92 Å². The summed E-state index contributed by atoms with van der Waals surface area (Å²) in [6.07, 6.45) is 1.47. The molecule has 0 unspecified atom stereocenters. The van der Waals surface area contributed by atoms with Crippen molar-refractivity contribution in [1.29, 1.82) is 0 Å². The highest BCUT2D eigenvalue weighted by Crippen LogP contribution is 2.29. The number of ether oxygens (including phenoxy) is 1. The summed E-state index contributed by atoms with van der Waals surface area (Å²) >= 11 is 0. The van der Waals surface area contributed by atoms with Gasteiger partial charge in [-0.2, -0.15) is 0 Å². The molecule has 0 spiro atoms. The third-order valence-corrected chi connectivity index (χ3v) is 4.16. The van der Waals surface area contributed by atoms with E-state index in [-0.39, 0.29) is 18.1 Å². The molecule has 5 N–H and O–H groups in total. The minimum Gasteiger partial charge on any atom is -0.493 e. The Balaban J connectivity index is 1.86. The van der Waals surface area contributed by atoms with Gasteiger partial charge in [0.2, 0.25) is 11.8 Å². The van der Waals surface area contributed by atoms with Crippen molar-refractivity contribution in [3.63, 3.8) is 0 Å². The minimum atomic E-state index is -1.20. The smallest absolute Gasteiger partial charge is 0.256 e. The molecule has 0 saturated heterocycles. The van der Waals surface area contributed by atoms with Crippen molar-refractivity contribution < 1.29 is 29.0 Å². The van der Waals surface area contributed by atoms with Gasteiger partial charge in [0.1, 0.15) is 29.7 Å². The van der Waals surface area contributed by atoms with Crippen LogP contribution in [0.25, 0.3) is 11.0 Å². The molecular formula is C19H19N3O6. The Morgan fingerprint density at radius 3 is 2.82 bits per heavy atom. The van der Waals surface area contributed by atoms with Gasteiger partial charge >= 0.3 is 0 Å². The largest absolute Gasteiger partial charge is 0.493 e. The number of hydrogen-bond donors (Lipinski definition) is 4. The van der Waals surface area contributed by atoms with Crippen LogP contribution in [0.15, 0.2) is 40.9 Å². The fourth-order valence-corrected chi connectivity index (χ4v) is 2.71. The molecule has 28 heavy (non-hydrogen) atoms. The van der Waals surface area contributed by atoms with E-state index in [1.807, 2.05) is 0 Å². The molecule has 0 aliphatic rings. The van der Waals surface area contributed by atoms with Crippen molar-refractivity contribution >= 4 is 22.8 Å². The number of nitrogens with two attached hydrogens (primary N) is 1. The number of primary amides is 1. The first-order chi connectivity index (χ1) is 13.4. The summed E-state index contributed by atoms with van der Waals surface area (Å²) in [6, 6.07) is 7.09. The molecule has 0 aliphatic carbocycles. The summed E-state index contributed by atoms with van der Waals surface area (Å²) in [4.78, 5) is 27.6. The van der Waals surface area contributed by atoms with E-state index in [1.54, 1.807) is 37.3 Å². The number of aromatic hydroxyl groups is 1. The van der Waals surface area contributed by atoms with Crippen molar-refractivity contribution in [2.45, 2.75) is 19.6 Å². The first kappa shape index (κ1) is 19.2. The van der Waals surface area contributed by atoms with Gasteiger partial charge in [-0.3, -0.25) is 9.59 Å². The lowest BCUT2D eigenvalue weighted by Gasteiger charge is -2.12. The zero-order valence-electron chi connectivity index (χ0n) is 15.0. The molecule has 0 radical (unpaired) electrons. The molecule has 146 valence electrons. The van der Waals surface area contributed by atoms with Gasteiger partial charge in [-0.25, -0.2) is 4.98 Å². The summed E-state index contributed by atoms with van der Waals surface area (Å²) < 4.78 is 11.3. The minimum absolute atomic E-state index is 0.0812. The highest BCUT2D eigenvalue weighted by molar-refractivity contribution is 6.08. The maximum absolute atomic E-state index is 12.6. The van der Waals surface area contributed by atoms with Crippen LogP contribution in [0.1, 0.15) is 21.7 Å². The van der Waals surface area contributed by atoms with Crippen LogP contribution in [0.5, 0.6) is 11.6 Å². The molecule has 0 saturated carbocycles. The van der Waals surface area contributed by atoms with Gasteiger partial charge in [0, 0.05) is 11.6 Å². The normalized spacial score (nSPS) is 11.9. The molecule has 2 aromatic heterocycles. The number of benzene rings is 1. The summed E-state index contributed by atoms with van der Waals surface area (Å²) in [5.41, 5.74) is 6.33. The average Bonchev–Trinajstić information content (AvgIpc) is 3.00. The lowest BCUT2D eigenvalue weighted by molar-refractivity contribution is -0.120. The van der Waals surface area contributed by atoms with E-state index < -0.39 is 24.5 Å². The van der Waals surface area contributed by atoms with Crippen molar-refractivity contribution in [2.75, 3.05) is 6.61 Å². The highest BCUT2D eigenvalue weighted by atomic mass is 16.5. The number of amides is 2. The Morgan fingerprint density at radius 2 is 2.14 bits per heavy atom. The number of aliphatic hydroxyl groups is 1. The second-order valence-electron chi connectivity index (χ2n) is 6.08. The zero-order valence-corrected chi connectivity index (χ0v) is 15.0. The van der Waals surface area contributed by atoms with Gasteiger partial charge < -0.3 is 30.4 Å². The standard InChI is InChI=1S/C19H19N3O6/c1-10-16(19(26)22-14(8-23)17(20)24)13-7-12(4-5-15(13)28-10)27-9-11-3-2-6-21-18(11)25/h2-7,14,23H,8-9H2,1H3,(H2,20,24)(H,21,25)(H,22,26)/t14-/m0/s1. The van der Waals surface area contributed by atoms with Crippen molar-refractivity contribution in [3.8, 4) is 11.6 Å². The maximum atomic E-state index is 12.6. The fourth-order valence-electron chi connectivity index (χ4n) is 2.71. The van der Waals surface area contributed by atoms with Crippen molar-refractivity contribution in [2.24, 2.45) is 5.73 Å². The Labute approximate surface area is 159 Å². The predicted octanol–water partition coefficient (Wildman–Crippen LogP) is 0.997. The number of pyridine rings is 1. The molecule has 0 fully saturated rings. The molecule has 9 heteroatoms. The molecule has 9 nitrogen and oxygen atoms in total. The van der Waals surface area contributed by atoms with Gasteiger partial charge in [-0.15, -0.1) is 0 Å². The summed E-state index contributed by atoms with van der Waals surface area (Å²) in [7, 11) is 0. The number of fused-ring (bicyclic) bond motifs is 1. The molecule has 2 amide bonds. The van der Waals surface area contributed by atoms with Crippen LogP contribution in [0.4, 0.5) is 0 Å². The van der Waals surface area contributed by atoms with Gasteiger partial charge in [-0.05, 0) is 37.3 Å². The topological polar surface area (TPSA) is 148 Å². The van der Waals surface area contributed by atoms with Crippen LogP contribution in [0.2, 0.25) is 0 Å². The number of aliphatic hydroxyl groups excluding tert-OH is 1. The average molecular weight is 385 g/mol. The van der Waals surface area contributed by atoms with Crippen LogP contribution < -0.4 is 15.8 Å². The Kier molecular flexibility index (Phi) is 5.46. The highest BCUT2D eigenvalue weighted by Gasteiger charge is 2.23. The first-order valence-electron chi connectivity index (χ1n) is 8.40. The van der Waals surface area contributed by atoms with E-state index in [4.69, 9.17) is 14.9 Å². The van der Waals surface area contributed by atoms with Crippen LogP contribution in [0.3, 0.4) is 0 Å². The molecule has 1 aromatic carbocycles. The van der Waals surface area contributed by atoms with E-state index in [0.717, 1.165) is 0 Å². The Bertz CT molecular complexity index is 1030. The zero-order chi connectivity index (χ0) is 20.3. The van der Waals surface area contributed by atoms with E-state index in [0.29, 0.717) is 28.0 Å². The molecule has 3 rings (SSSR count). The maximum Gasteiger partial charge on any atom is 0.256 e. The van der Waals surface area contributed by atoms with Gasteiger partial charge in [0.05, 0.1) is 17.7 Å². The second-order valence-corrected chi connectivity index (χ2v) is 6.08. The van der Waals surface area contributed by atoms with E-state index in [9.17, 15) is 19.8 Å². The van der Waals surface area contributed by atoms with Crippen LogP contribution in [-0.2, 0) is 11.4 Å². The third kappa shape index (κ3) is 3.89. The second kappa shape index (κ2) is 7.97. The molecule has 0 aliphatic heterocycles. The van der Waals surface area contributed by atoms with Crippen LogP contribution >= 0.6 is 0 Å².